The van der Waals surface area contributed by atoms with Gasteiger partial charge >= 0.3 is 0 Å². The summed E-state index contributed by atoms with van der Waals surface area (Å²) in [6, 6.07) is 11.2. The van der Waals surface area contributed by atoms with Gasteiger partial charge in [-0.2, -0.15) is 0 Å². The van der Waals surface area contributed by atoms with Crippen molar-refractivity contribution in [1.29, 1.82) is 0 Å². The van der Waals surface area contributed by atoms with Crippen molar-refractivity contribution in [2.24, 2.45) is 4.99 Å². The maximum atomic E-state index is 6.02. The van der Waals surface area contributed by atoms with Crippen LogP contribution in [-0.4, -0.2) is 67.7 Å². The molecule has 0 aromatic heterocycles. The van der Waals surface area contributed by atoms with Crippen LogP contribution in [0.25, 0.3) is 0 Å². The van der Waals surface area contributed by atoms with E-state index >= 15 is 0 Å². The Morgan fingerprint density at radius 3 is 3.00 bits per heavy atom. The number of hydrogen-bond acceptors (Lipinski definition) is 3. The summed E-state index contributed by atoms with van der Waals surface area (Å²) < 4.78 is 6.02. The number of guanidine groups is 1. The van der Waals surface area contributed by atoms with E-state index < -0.39 is 0 Å². The first-order chi connectivity index (χ1) is 11.8. The van der Waals surface area contributed by atoms with E-state index in [9.17, 15) is 0 Å². The van der Waals surface area contributed by atoms with Gasteiger partial charge in [0.25, 0.3) is 0 Å². The molecule has 132 valence electrons. The van der Waals surface area contributed by atoms with Gasteiger partial charge in [0.15, 0.2) is 5.96 Å². The summed E-state index contributed by atoms with van der Waals surface area (Å²) in [6.45, 7) is 7.68. The monoisotopic (exact) mass is 330 g/mol. The van der Waals surface area contributed by atoms with E-state index in [1.807, 2.05) is 0 Å². The molecule has 2 heterocycles. The zero-order chi connectivity index (χ0) is 16.8. The first-order valence-electron chi connectivity index (χ1n) is 9.15. The van der Waals surface area contributed by atoms with E-state index in [2.05, 4.69) is 59.4 Å². The third-order valence-electron chi connectivity index (χ3n) is 4.87. The van der Waals surface area contributed by atoms with Gasteiger partial charge in [-0.3, -0.25) is 9.89 Å². The highest BCUT2D eigenvalue weighted by molar-refractivity contribution is 5.79. The second kappa shape index (κ2) is 8.49. The highest BCUT2D eigenvalue weighted by atomic mass is 16.5. The molecule has 5 heteroatoms. The Bertz CT molecular complexity index is 533. The maximum absolute atomic E-state index is 6.02. The summed E-state index contributed by atoms with van der Waals surface area (Å²) in [5.41, 5.74) is 1.29. The second-order valence-corrected chi connectivity index (χ2v) is 6.78. The van der Waals surface area contributed by atoms with Crippen LogP contribution in [-0.2, 0) is 11.3 Å². The topological polar surface area (TPSA) is 40.1 Å². The Kier molecular flexibility index (Phi) is 6.10. The van der Waals surface area contributed by atoms with Gasteiger partial charge in [-0.25, -0.2) is 0 Å². The van der Waals surface area contributed by atoms with Gasteiger partial charge in [-0.15, -0.1) is 0 Å². The molecule has 5 nitrogen and oxygen atoms in total. The highest BCUT2D eigenvalue weighted by Gasteiger charge is 2.32. The number of morpholine rings is 1. The zero-order valence-corrected chi connectivity index (χ0v) is 14.9. The first-order valence-corrected chi connectivity index (χ1v) is 9.15. The van der Waals surface area contributed by atoms with Gasteiger partial charge in [0, 0.05) is 32.7 Å². The van der Waals surface area contributed by atoms with Crippen molar-refractivity contribution in [1.82, 2.24) is 15.1 Å². The van der Waals surface area contributed by atoms with Gasteiger partial charge in [-0.05, 0) is 31.9 Å². The fourth-order valence-corrected chi connectivity index (χ4v) is 3.59. The van der Waals surface area contributed by atoms with Gasteiger partial charge < -0.3 is 15.0 Å². The van der Waals surface area contributed by atoms with Gasteiger partial charge in [-0.1, -0.05) is 30.3 Å². The molecular formula is C19H30N4O. The van der Waals surface area contributed by atoms with Crippen LogP contribution in [0.5, 0.6) is 0 Å². The second-order valence-electron chi connectivity index (χ2n) is 6.78. The third-order valence-corrected chi connectivity index (χ3v) is 4.87. The minimum atomic E-state index is 0.220. The summed E-state index contributed by atoms with van der Waals surface area (Å²) in [7, 11) is 2.09. The molecule has 2 saturated heterocycles. The van der Waals surface area contributed by atoms with Crippen molar-refractivity contribution >= 4 is 5.96 Å². The fraction of sp³-hybridized carbons (Fsp3) is 0.632. The molecule has 0 bridgehead atoms. The molecule has 2 atom stereocenters. The van der Waals surface area contributed by atoms with Crippen LogP contribution in [0.2, 0.25) is 0 Å². The Hall–Kier alpha value is -1.59. The number of nitrogens with one attached hydrogen (secondary N) is 1. The summed E-state index contributed by atoms with van der Waals surface area (Å²) >= 11 is 0. The van der Waals surface area contributed by atoms with Crippen LogP contribution in [0.4, 0.5) is 0 Å². The Balaban J connectivity index is 1.56. The first kappa shape index (κ1) is 17.2. The van der Waals surface area contributed by atoms with E-state index in [1.165, 1.54) is 24.9 Å². The normalized spacial score (nSPS) is 24.7. The van der Waals surface area contributed by atoms with E-state index in [0.717, 1.165) is 38.7 Å². The lowest BCUT2D eigenvalue weighted by Gasteiger charge is -2.34. The van der Waals surface area contributed by atoms with Gasteiger partial charge in [0.2, 0.25) is 0 Å². The van der Waals surface area contributed by atoms with Crippen LogP contribution in [0.15, 0.2) is 35.3 Å². The summed E-state index contributed by atoms with van der Waals surface area (Å²) in [5, 5.41) is 3.40. The van der Waals surface area contributed by atoms with Crippen LogP contribution in [0, 0.1) is 0 Å². The van der Waals surface area contributed by atoms with Crippen LogP contribution >= 0.6 is 0 Å². The van der Waals surface area contributed by atoms with E-state index in [-0.39, 0.29) is 6.10 Å². The average Bonchev–Trinajstić information content (AvgIpc) is 3.07. The van der Waals surface area contributed by atoms with Crippen LogP contribution in [0.3, 0.4) is 0 Å². The number of ether oxygens (including phenoxy) is 1. The lowest BCUT2D eigenvalue weighted by Crippen LogP contribution is -2.47. The number of benzene rings is 1. The largest absolute Gasteiger partial charge is 0.373 e. The molecule has 0 radical (unpaired) electrons. The predicted molar refractivity (Wildman–Crippen MR) is 98.2 cm³/mol. The summed E-state index contributed by atoms with van der Waals surface area (Å²) in [5.74, 6) is 0.952. The van der Waals surface area contributed by atoms with Crippen molar-refractivity contribution < 1.29 is 4.74 Å². The Morgan fingerprint density at radius 1 is 1.38 bits per heavy atom. The maximum Gasteiger partial charge on any atom is 0.194 e. The number of hydrogen-bond donors (Lipinski definition) is 1. The van der Waals surface area contributed by atoms with Gasteiger partial charge in [0.05, 0.1) is 19.3 Å². The molecule has 0 spiro atoms. The summed E-state index contributed by atoms with van der Waals surface area (Å²) in [4.78, 5) is 9.58. The lowest BCUT2D eigenvalue weighted by atomic mass is 10.2. The minimum Gasteiger partial charge on any atom is -0.373 e. The molecule has 1 aromatic carbocycles. The quantitative estimate of drug-likeness (QED) is 0.662. The predicted octanol–water partition coefficient (Wildman–Crippen LogP) is 1.95. The molecule has 1 aromatic rings. The molecule has 2 aliphatic rings. The number of aliphatic imine (C=N–C) groups is 1. The zero-order valence-electron chi connectivity index (χ0n) is 14.9. The molecule has 24 heavy (non-hydrogen) atoms. The molecule has 2 unspecified atom stereocenters. The van der Waals surface area contributed by atoms with Crippen LogP contribution in [0.1, 0.15) is 25.3 Å². The molecule has 2 aliphatic heterocycles. The van der Waals surface area contributed by atoms with E-state index in [1.54, 1.807) is 0 Å². The molecule has 0 amide bonds. The Labute approximate surface area is 145 Å². The van der Waals surface area contributed by atoms with Crippen molar-refractivity contribution in [2.45, 2.75) is 38.5 Å². The van der Waals surface area contributed by atoms with Crippen molar-refractivity contribution in [3.05, 3.63) is 35.9 Å². The SMILES string of the molecule is CCNC(=NCC1CN2CCCC2CO1)N(C)Cc1ccccc1. The van der Waals surface area contributed by atoms with Crippen molar-refractivity contribution in [2.75, 3.05) is 39.8 Å². The lowest BCUT2D eigenvalue weighted by molar-refractivity contribution is -0.0432. The van der Waals surface area contributed by atoms with Crippen molar-refractivity contribution in [3.63, 3.8) is 0 Å². The van der Waals surface area contributed by atoms with Crippen molar-refractivity contribution in [3.8, 4) is 0 Å². The van der Waals surface area contributed by atoms with Crippen LogP contribution < -0.4 is 5.32 Å². The number of nitrogens with zero attached hydrogens (tertiary/aromatic N) is 3. The van der Waals surface area contributed by atoms with E-state index in [4.69, 9.17) is 9.73 Å². The third kappa shape index (κ3) is 4.48. The minimum absolute atomic E-state index is 0.220. The molecular weight excluding hydrogens is 300 g/mol. The molecule has 3 rings (SSSR count). The molecule has 0 aliphatic carbocycles. The molecule has 0 saturated carbocycles. The Morgan fingerprint density at radius 2 is 2.21 bits per heavy atom. The number of rotatable bonds is 5. The van der Waals surface area contributed by atoms with E-state index in [0.29, 0.717) is 6.04 Å². The average molecular weight is 330 g/mol. The number of fused-ring (bicyclic) bond motifs is 1. The molecule has 2 fully saturated rings. The standard InChI is InChI=1S/C19H30N4O/c1-3-20-19(22(2)13-16-8-5-4-6-9-16)21-12-18-14-23-11-7-10-17(23)15-24-18/h4-6,8-9,17-18H,3,7,10-15H2,1-2H3,(H,20,21). The fourth-order valence-electron chi connectivity index (χ4n) is 3.59. The highest BCUT2D eigenvalue weighted by Crippen LogP contribution is 2.22. The smallest absolute Gasteiger partial charge is 0.194 e. The van der Waals surface area contributed by atoms with Gasteiger partial charge in [0.1, 0.15) is 0 Å². The molecule has 1 N–H and O–H groups in total. The summed E-state index contributed by atoms with van der Waals surface area (Å²) in [6.07, 6.45) is 2.82.